The number of H-pyrrole nitrogens is 1. The maximum Gasteiger partial charge on any atom is 0.248 e. The molecule has 4 heteroatoms. The molecule has 1 fully saturated rings. The fourth-order valence-electron chi connectivity index (χ4n) is 2.31. The van der Waals surface area contributed by atoms with Crippen molar-refractivity contribution in [2.24, 2.45) is 0 Å². The van der Waals surface area contributed by atoms with Gasteiger partial charge in [-0.1, -0.05) is 0 Å². The Balaban J connectivity index is 1.84. The molecule has 1 aliphatic rings. The average Bonchev–Trinajstić information content (AvgIpc) is 2.40. The molecule has 1 aromatic carbocycles. The Bertz CT molecular complexity index is 600. The van der Waals surface area contributed by atoms with E-state index in [-0.39, 0.29) is 5.56 Å². The van der Waals surface area contributed by atoms with Gasteiger partial charge in [0.05, 0.1) is 0 Å². The second-order valence-corrected chi connectivity index (χ2v) is 4.64. The molecular formula is C14H16N2O2. The number of aromatic amines is 1. The highest BCUT2D eigenvalue weighted by atomic mass is 16.5. The number of ether oxygens (including phenoxy) is 1. The second-order valence-electron chi connectivity index (χ2n) is 4.64. The van der Waals surface area contributed by atoms with Crippen molar-refractivity contribution in [3.8, 4) is 5.75 Å². The van der Waals surface area contributed by atoms with E-state index in [0.717, 1.165) is 42.6 Å². The Morgan fingerprint density at radius 3 is 2.78 bits per heavy atom. The SMILES string of the molecule is O=c1ccc2cc(OC3CCNCC3)ccc2[nH]1. The minimum Gasteiger partial charge on any atom is -0.490 e. The third-order valence-electron chi connectivity index (χ3n) is 3.28. The lowest BCUT2D eigenvalue weighted by molar-refractivity contribution is 0.162. The third kappa shape index (κ3) is 2.38. The summed E-state index contributed by atoms with van der Waals surface area (Å²) in [6.45, 7) is 2.04. The average molecular weight is 244 g/mol. The van der Waals surface area contributed by atoms with Gasteiger partial charge in [0.15, 0.2) is 0 Å². The number of hydrogen-bond acceptors (Lipinski definition) is 3. The van der Waals surface area contributed by atoms with E-state index in [1.54, 1.807) is 0 Å². The van der Waals surface area contributed by atoms with Crippen molar-refractivity contribution in [3.05, 3.63) is 40.7 Å². The molecular weight excluding hydrogens is 228 g/mol. The molecule has 0 saturated carbocycles. The number of fused-ring (bicyclic) bond motifs is 1. The van der Waals surface area contributed by atoms with Crippen LogP contribution in [0.4, 0.5) is 0 Å². The zero-order valence-electron chi connectivity index (χ0n) is 10.1. The lowest BCUT2D eigenvalue weighted by Crippen LogP contribution is -2.34. The summed E-state index contributed by atoms with van der Waals surface area (Å²) < 4.78 is 5.96. The molecule has 0 unspecified atom stereocenters. The molecule has 0 bridgehead atoms. The zero-order chi connectivity index (χ0) is 12.4. The maximum atomic E-state index is 11.2. The highest BCUT2D eigenvalue weighted by Gasteiger charge is 2.14. The molecule has 0 aliphatic carbocycles. The number of benzene rings is 1. The van der Waals surface area contributed by atoms with E-state index >= 15 is 0 Å². The van der Waals surface area contributed by atoms with Crippen molar-refractivity contribution in [3.63, 3.8) is 0 Å². The summed E-state index contributed by atoms with van der Waals surface area (Å²) in [5.74, 6) is 0.876. The van der Waals surface area contributed by atoms with Crippen LogP contribution in [0.1, 0.15) is 12.8 Å². The Morgan fingerprint density at radius 2 is 1.94 bits per heavy atom. The second kappa shape index (κ2) is 4.82. The van der Waals surface area contributed by atoms with Crippen LogP contribution < -0.4 is 15.6 Å². The summed E-state index contributed by atoms with van der Waals surface area (Å²) in [4.78, 5) is 14.0. The van der Waals surface area contributed by atoms with Crippen molar-refractivity contribution >= 4 is 10.9 Å². The van der Waals surface area contributed by atoms with Crippen LogP contribution in [0.25, 0.3) is 10.9 Å². The van der Waals surface area contributed by atoms with E-state index in [0.29, 0.717) is 6.10 Å². The molecule has 4 nitrogen and oxygen atoms in total. The minimum absolute atomic E-state index is 0.0745. The topological polar surface area (TPSA) is 54.1 Å². The van der Waals surface area contributed by atoms with Gasteiger partial charge in [0.25, 0.3) is 0 Å². The Kier molecular flexibility index (Phi) is 3.02. The number of piperidine rings is 1. The molecule has 2 aromatic rings. The van der Waals surface area contributed by atoms with Crippen LogP contribution in [0, 0.1) is 0 Å². The molecule has 1 aliphatic heterocycles. The van der Waals surface area contributed by atoms with Gasteiger partial charge in [-0.05, 0) is 50.2 Å². The lowest BCUT2D eigenvalue weighted by atomic mass is 10.1. The Labute approximate surface area is 105 Å². The summed E-state index contributed by atoms with van der Waals surface area (Å²) in [5, 5.41) is 4.32. The normalized spacial score (nSPS) is 16.9. The van der Waals surface area contributed by atoms with Gasteiger partial charge in [-0.25, -0.2) is 0 Å². The first-order chi connectivity index (χ1) is 8.81. The number of rotatable bonds is 2. The molecule has 1 aromatic heterocycles. The third-order valence-corrected chi connectivity index (χ3v) is 3.28. The molecule has 0 atom stereocenters. The van der Waals surface area contributed by atoms with Crippen LogP contribution >= 0.6 is 0 Å². The van der Waals surface area contributed by atoms with Crippen molar-refractivity contribution < 1.29 is 4.74 Å². The minimum atomic E-state index is -0.0745. The number of nitrogens with one attached hydrogen (secondary N) is 2. The fraction of sp³-hybridized carbons (Fsp3) is 0.357. The van der Waals surface area contributed by atoms with Gasteiger partial charge in [-0.3, -0.25) is 4.79 Å². The molecule has 94 valence electrons. The summed E-state index contributed by atoms with van der Waals surface area (Å²) in [7, 11) is 0. The van der Waals surface area contributed by atoms with Crippen molar-refractivity contribution in [1.29, 1.82) is 0 Å². The Hall–Kier alpha value is -1.81. The monoisotopic (exact) mass is 244 g/mol. The largest absolute Gasteiger partial charge is 0.490 e. The number of pyridine rings is 1. The van der Waals surface area contributed by atoms with Crippen LogP contribution in [-0.4, -0.2) is 24.2 Å². The van der Waals surface area contributed by atoms with E-state index in [1.807, 2.05) is 24.3 Å². The zero-order valence-corrected chi connectivity index (χ0v) is 10.1. The standard InChI is InChI=1S/C14H16N2O2/c17-14-4-1-10-9-12(2-3-13(10)16-14)18-11-5-7-15-8-6-11/h1-4,9,11,15H,5-8H2,(H,16,17). The van der Waals surface area contributed by atoms with Gasteiger partial charge in [0.2, 0.25) is 5.56 Å². The molecule has 18 heavy (non-hydrogen) atoms. The highest BCUT2D eigenvalue weighted by molar-refractivity contribution is 5.79. The van der Waals surface area contributed by atoms with Crippen molar-refractivity contribution in [2.45, 2.75) is 18.9 Å². The van der Waals surface area contributed by atoms with E-state index in [4.69, 9.17) is 4.74 Å². The smallest absolute Gasteiger partial charge is 0.248 e. The van der Waals surface area contributed by atoms with Crippen LogP contribution in [0.15, 0.2) is 35.1 Å². The van der Waals surface area contributed by atoms with E-state index in [9.17, 15) is 4.79 Å². The molecule has 0 spiro atoms. The first-order valence-corrected chi connectivity index (χ1v) is 6.32. The van der Waals surface area contributed by atoms with Crippen LogP contribution in [0.2, 0.25) is 0 Å². The van der Waals surface area contributed by atoms with E-state index in [1.165, 1.54) is 6.07 Å². The first-order valence-electron chi connectivity index (χ1n) is 6.32. The molecule has 3 rings (SSSR count). The van der Waals surface area contributed by atoms with Crippen molar-refractivity contribution in [2.75, 3.05) is 13.1 Å². The van der Waals surface area contributed by atoms with Gasteiger partial charge in [-0.15, -0.1) is 0 Å². The molecule has 0 amide bonds. The van der Waals surface area contributed by atoms with Crippen molar-refractivity contribution in [1.82, 2.24) is 10.3 Å². The summed E-state index contributed by atoms with van der Waals surface area (Å²) in [6, 6.07) is 9.15. The van der Waals surface area contributed by atoms with Gasteiger partial charge >= 0.3 is 0 Å². The highest BCUT2D eigenvalue weighted by Crippen LogP contribution is 2.21. The molecule has 0 radical (unpaired) electrons. The van der Waals surface area contributed by atoms with Crippen LogP contribution in [0.5, 0.6) is 5.75 Å². The lowest BCUT2D eigenvalue weighted by Gasteiger charge is -2.23. The summed E-state index contributed by atoms with van der Waals surface area (Å²) in [6.07, 6.45) is 2.39. The predicted octanol–water partition coefficient (Wildman–Crippen LogP) is 1.66. The van der Waals surface area contributed by atoms with E-state index < -0.39 is 0 Å². The summed E-state index contributed by atoms with van der Waals surface area (Å²) in [5.41, 5.74) is 0.773. The Morgan fingerprint density at radius 1 is 1.11 bits per heavy atom. The van der Waals surface area contributed by atoms with Gasteiger partial charge < -0.3 is 15.0 Å². The quantitative estimate of drug-likeness (QED) is 0.844. The fourth-order valence-corrected chi connectivity index (χ4v) is 2.31. The van der Waals surface area contributed by atoms with Gasteiger partial charge in [0.1, 0.15) is 11.9 Å². The number of aromatic nitrogens is 1. The van der Waals surface area contributed by atoms with E-state index in [2.05, 4.69) is 10.3 Å². The molecule has 2 N–H and O–H groups in total. The molecule has 2 heterocycles. The van der Waals surface area contributed by atoms with Crippen LogP contribution in [0.3, 0.4) is 0 Å². The molecule has 1 saturated heterocycles. The summed E-state index contributed by atoms with van der Waals surface area (Å²) >= 11 is 0. The maximum absolute atomic E-state index is 11.2. The number of hydrogen-bond donors (Lipinski definition) is 2. The van der Waals surface area contributed by atoms with Gasteiger partial charge in [0, 0.05) is 17.0 Å². The van der Waals surface area contributed by atoms with Crippen LogP contribution in [-0.2, 0) is 0 Å². The predicted molar refractivity (Wildman–Crippen MR) is 71.1 cm³/mol. The van der Waals surface area contributed by atoms with Gasteiger partial charge in [-0.2, -0.15) is 0 Å². The first kappa shape index (κ1) is 11.3.